The van der Waals surface area contributed by atoms with Gasteiger partial charge in [0.05, 0.1) is 0 Å². The van der Waals surface area contributed by atoms with E-state index in [4.69, 9.17) is 0 Å². The van der Waals surface area contributed by atoms with Crippen molar-refractivity contribution < 1.29 is 0 Å². The van der Waals surface area contributed by atoms with Gasteiger partial charge in [-0.15, -0.1) is 0 Å². The molecule has 0 bridgehead atoms. The normalized spacial score (nSPS) is 8.26. The molecule has 0 atom stereocenters. The number of rotatable bonds is 2. The van der Waals surface area contributed by atoms with E-state index in [9.17, 15) is 0 Å². The molecule has 0 amide bonds. The number of hydrogen-bond donors (Lipinski definition) is 0. The zero-order valence-electron chi connectivity index (χ0n) is 21.2. The Bertz CT molecular complexity index is 668. The largest absolute Gasteiger partial charge is 0.0792 e. The zero-order valence-corrected chi connectivity index (χ0v) is 21.2. The molecule has 0 saturated carbocycles. The maximum Gasteiger partial charge on any atom is -0.0152 e. The molecular formula is C31H50. The van der Waals surface area contributed by atoms with Gasteiger partial charge >= 0.3 is 0 Å². The van der Waals surface area contributed by atoms with Crippen LogP contribution in [-0.4, -0.2) is 0 Å². The fourth-order valence-corrected chi connectivity index (χ4v) is 2.36. The van der Waals surface area contributed by atoms with Gasteiger partial charge < -0.3 is 0 Å². The first kappa shape index (κ1) is 35.8. The van der Waals surface area contributed by atoms with Crippen LogP contribution in [0.1, 0.15) is 86.4 Å². The Morgan fingerprint density at radius 2 is 0.839 bits per heavy atom. The summed E-state index contributed by atoms with van der Waals surface area (Å²) in [6, 6.07) is 31.0. The predicted molar refractivity (Wildman–Crippen MR) is 149 cm³/mol. The summed E-state index contributed by atoms with van der Waals surface area (Å²) in [4.78, 5) is 0. The fourth-order valence-electron chi connectivity index (χ4n) is 2.36. The molecular weight excluding hydrogens is 372 g/mol. The van der Waals surface area contributed by atoms with Gasteiger partial charge in [-0.25, -0.2) is 0 Å². The summed E-state index contributed by atoms with van der Waals surface area (Å²) in [5.74, 6) is 0. The first-order valence-corrected chi connectivity index (χ1v) is 11.6. The molecule has 0 spiro atoms. The van der Waals surface area contributed by atoms with Gasteiger partial charge in [0.25, 0.3) is 0 Å². The van der Waals surface area contributed by atoms with E-state index in [0.29, 0.717) is 0 Å². The molecule has 0 aliphatic heterocycles. The Balaban J connectivity index is -0.000000204. The molecule has 0 nitrogen and oxygen atoms in total. The Morgan fingerprint density at radius 1 is 0.516 bits per heavy atom. The molecule has 0 saturated heterocycles. The van der Waals surface area contributed by atoms with Gasteiger partial charge in [0, 0.05) is 0 Å². The van der Waals surface area contributed by atoms with E-state index in [1.54, 1.807) is 0 Å². The molecule has 0 heterocycles. The third kappa shape index (κ3) is 16.8. The molecule has 0 unspecified atom stereocenters. The lowest BCUT2D eigenvalue weighted by molar-refractivity contribution is 1.41. The summed E-state index contributed by atoms with van der Waals surface area (Å²) >= 11 is 0. The maximum atomic E-state index is 2.18. The average Bonchev–Trinajstić information content (AvgIpc) is 2.88. The van der Waals surface area contributed by atoms with Crippen LogP contribution in [0, 0.1) is 6.92 Å². The van der Waals surface area contributed by atoms with Gasteiger partial charge in [-0.2, -0.15) is 0 Å². The first-order chi connectivity index (χ1) is 14.8. The number of hydrogen-bond acceptors (Lipinski definition) is 0. The molecule has 0 fully saturated rings. The molecule has 0 radical (unpaired) electrons. The van der Waals surface area contributed by atoms with E-state index >= 15 is 0 Å². The van der Waals surface area contributed by atoms with Crippen LogP contribution >= 0.6 is 0 Å². The van der Waals surface area contributed by atoms with Crippen molar-refractivity contribution in [2.24, 2.45) is 0 Å². The smallest absolute Gasteiger partial charge is 0.0152 e. The van der Waals surface area contributed by atoms with E-state index in [-0.39, 0.29) is 7.43 Å². The van der Waals surface area contributed by atoms with Crippen molar-refractivity contribution in [1.82, 2.24) is 0 Å². The van der Waals surface area contributed by atoms with Crippen molar-refractivity contribution in [2.75, 3.05) is 0 Å². The molecule has 3 aromatic carbocycles. The number of aryl methyl sites for hydroxylation is 1. The predicted octanol–water partition coefficient (Wildman–Crippen LogP) is 10.9. The Kier molecular flexibility index (Phi) is 34.2. The zero-order chi connectivity index (χ0) is 23.6. The minimum atomic E-state index is 0. The highest BCUT2D eigenvalue weighted by molar-refractivity contribution is 5.81. The second-order valence-electron chi connectivity index (χ2n) is 5.04. The number of allylic oxidation sites excluding steroid dienone is 1. The standard InChI is InChI=1S/C16H16.C6H6.4C2H6.CH4/c1-3-15(14-10-5-4-6-11-14)16-12-8-7-9-13(16)2;1-2-4-6-5-3-1;4*1-2;/h3-12H,1-2H3;1-6H;4*1-2H3;1H4/b15-3-;;;;;;. The minimum absolute atomic E-state index is 0. The molecule has 3 aromatic rings. The van der Waals surface area contributed by atoms with Crippen molar-refractivity contribution >= 4 is 5.57 Å². The Labute approximate surface area is 196 Å². The van der Waals surface area contributed by atoms with Crippen molar-refractivity contribution in [3.8, 4) is 0 Å². The van der Waals surface area contributed by atoms with Crippen molar-refractivity contribution in [1.29, 1.82) is 0 Å². The van der Waals surface area contributed by atoms with E-state index in [1.165, 1.54) is 22.3 Å². The molecule has 174 valence electrons. The highest BCUT2D eigenvalue weighted by atomic mass is 14.1. The van der Waals surface area contributed by atoms with Crippen molar-refractivity contribution in [2.45, 2.75) is 76.7 Å². The lowest BCUT2D eigenvalue weighted by Gasteiger charge is -2.10. The van der Waals surface area contributed by atoms with E-state index < -0.39 is 0 Å². The second-order valence-corrected chi connectivity index (χ2v) is 5.04. The van der Waals surface area contributed by atoms with Gasteiger partial charge in [-0.1, -0.05) is 160 Å². The molecule has 0 aliphatic rings. The highest BCUT2D eigenvalue weighted by Gasteiger charge is 2.05. The van der Waals surface area contributed by atoms with Crippen LogP contribution in [0.2, 0.25) is 0 Å². The SMILES string of the molecule is C.C/C=C(/c1ccccc1)c1ccccc1C.CC.CC.CC.CC.c1ccccc1. The lowest BCUT2D eigenvalue weighted by Crippen LogP contribution is -1.90. The molecule has 0 aliphatic carbocycles. The van der Waals surface area contributed by atoms with Crippen LogP contribution in [-0.2, 0) is 0 Å². The summed E-state index contributed by atoms with van der Waals surface area (Å²) in [5.41, 5.74) is 5.22. The van der Waals surface area contributed by atoms with Crippen LogP contribution in [0.3, 0.4) is 0 Å². The first-order valence-electron chi connectivity index (χ1n) is 11.6. The van der Waals surface area contributed by atoms with Crippen LogP contribution in [0.25, 0.3) is 5.57 Å². The van der Waals surface area contributed by atoms with E-state index in [1.807, 2.05) is 91.8 Å². The Hall–Kier alpha value is -2.60. The summed E-state index contributed by atoms with van der Waals surface area (Å²) < 4.78 is 0. The Morgan fingerprint density at radius 3 is 1.19 bits per heavy atom. The van der Waals surface area contributed by atoms with Gasteiger partial charge in [0.2, 0.25) is 0 Å². The molecule has 0 aromatic heterocycles. The minimum Gasteiger partial charge on any atom is -0.0792 e. The van der Waals surface area contributed by atoms with Crippen molar-refractivity contribution in [3.63, 3.8) is 0 Å². The van der Waals surface area contributed by atoms with Gasteiger partial charge in [0.15, 0.2) is 0 Å². The second kappa shape index (κ2) is 29.6. The molecule has 0 heteroatoms. The fraction of sp³-hybridized carbons (Fsp3) is 0.355. The molecule has 31 heavy (non-hydrogen) atoms. The van der Waals surface area contributed by atoms with Gasteiger partial charge in [-0.3, -0.25) is 0 Å². The summed E-state index contributed by atoms with van der Waals surface area (Å²) in [6.45, 7) is 20.2. The number of benzene rings is 3. The lowest BCUT2D eigenvalue weighted by atomic mass is 9.94. The van der Waals surface area contributed by atoms with Crippen LogP contribution < -0.4 is 0 Å². The van der Waals surface area contributed by atoms with E-state index in [2.05, 4.69) is 74.5 Å². The van der Waals surface area contributed by atoms with Crippen molar-refractivity contribution in [3.05, 3.63) is 114 Å². The maximum absolute atomic E-state index is 2.18. The van der Waals surface area contributed by atoms with Crippen LogP contribution in [0.4, 0.5) is 0 Å². The third-order valence-corrected chi connectivity index (χ3v) is 3.48. The van der Waals surface area contributed by atoms with E-state index in [0.717, 1.165) is 0 Å². The van der Waals surface area contributed by atoms with Crippen LogP contribution in [0.15, 0.2) is 97.1 Å². The van der Waals surface area contributed by atoms with Crippen LogP contribution in [0.5, 0.6) is 0 Å². The molecule has 0 N–H and O–H groups in total. The topological polar surface area (TPSA) is 0 Å². The quantitative estimate of drug-likeness (QED) is 0.385. The van der Waals surface area contributed by atoms with Gasteiger partial charge in [0.1, 0.15) is 0 Å². The highest BCUT2D eigenvalue weighted by Crippen LogP contribution is 2.25. The molecule has 3 rings (SSSR count). The summed E-state index contributed by atoms with van der Waals surface area (Å²) in [7, 11) is 0. The summed E-state index contributed by atoms with van der Waals surface area (Å²) in [5, 5.41) is 0. The van der Waals surface area contributed by atoms with Gasteiger partial charge in [-0.05, 0) is 36.1 Å². The average molecular weight is 423 g/mol. The summed E-state index contributed by atoms with van der Waals surface area (Å²) in [6.07, 6.45) is 2.18. The third-order valence-electron chi connectivity index (χ3n) is 3.48. The monoisotopic (exact) mass is 422 g/mol.